The first kappa shape index (κ1) is 16.1. The molecule has 0 spiro atoms. The minimum atomic E-state index is -0.222. The Bertz CT molecular complexity index is 848. The Morgan fingerprint density at radius 1 is 1.12 bits per heavy atom. The molecule has 3 heterocycles. The summed E-state index contributed by atoms with van der Waals surface area (Å²) in [5.41, 5.74) is 2.37. The number of rotatable bonds is 6. The number of fused-ring (bicyclic) bond motifs is 1. The molecule has 0 aromatic carbocycles. The van der Waals surface area contributed by atoms with E-state index in [1.807, 2.05) is 29.6 Å². The van der Waals surface area contributed by atoms with E-state index in [1.54, 1.807) is 29.9 Å². The van der Waals surface area contributed by atoms with E-state index in [1.165, 1.54) is 0 Å². The Morgan fingerprint density at radius 2 is 1.96 bits per heavy atom. The van der Waals surface area contributed by atoms with Crippen molar-refractivity contribution in [3.8, 4) is 0 Å². The third kappa shape index (κ3) is 4.14. The predicted molar refractivity (Wildman–Crippen MR) is 92.7 cm³/mol. The Balaban J connectivity index is 1.43. The van der Waals surface area contributed by atoms with Crippen LogP contribution >= 0.6 is 11.3 Å². The van der Waals surface area contributed by atoms with Gasteiger partial charge in [0.1, 0.15) is 0 Å². The summed E-state index contributed by atoms with van der Waals surface area (Å²) in [6.45, 7) is 0.734. The van der Waals surface area contributed by atoms with Crippen LogP contribution < -0.4 is 10.6 Å². The van der Waals surface area contributed by atoms with Gasteiger partial charge in [-0.1, -0.05) is 0 Å². The molecule has 3 rings (SSSR count). The molecular weight excluding hydrogens is 324 g/mol. The Morgan fingerprint density at radius 3 is 2.79 bits per heavy atom. The smallest absolute Gasteiger partial charge is 0.252 e. The number of carbonyl (C=O) groups is 2. The van der Waals surface area contributed by atoms with E-state index < -0.39 is 0 Å². The highest BCUT2D eigenvalue weighted by Gasteiger charge is 2.08. The lowest BCUT2D eigenvalue weighted by Crippen LogP contribution is -2.30. The minimum Gasteiger partial charge on any atom is -0.352 e. The molecule has 2 N–H and O–H groups in total. The quantitative estimate of drug-likeness (QED) is 0.720. The van der Waals surface area contributed by atoms with E-state index in [9.17, 15) is 9.59 Å². The molecule has 0 aliphatic heterocycles. The molecule has 7 heteroatoms. The molecule has 0 saturated heterocycles. The molecule has 2 amide bonds. The third-order valence-corrected chi connectivity index (χ3v) is 4.29. The average Bonchev–Trinajstić information content (AvgIpc) is 3.08. The van der Waals surface area contributed by atoms with Crippen molar-refractivity contribution in [3.63, 3.8) is 0 Å². The second kappa shape index (κ2) is 7.65. The van der Waals surface area contributed by atoms with Gasteiger partial charge in [0.2, 0.25) is 5.91 Å². The zero-order valence-corrected chi connectivity index (χ0v) is 13.7. The zero-order chi connectivity index (χ0) is 16.8. The summed E-state index contributed by atoms with van der Waals surface area (Å²) in [5, 5.41) is 7.48. The zero-order valence-electron chi connectivity index (χ0n) is 12.9. The van der Waals surface area contributed by atoms with Crippen LogP contribution in [0.4, 0.5) is 0 Å². The Hall–Kier alpha value is -2.80. The second-order valence-electron chi connectivity index (χ2n) is 5.17. The maximum Gasteiger partial charge on any atom is 0.252 e. The van der Waals surface area contributed by atoms with E-state index >= 15 is 0 Å². The summed E-state index contributed by atoms with van der Waals surface area (Å²) in [6.07, 6.45) is 5.14. The first-order chi connectivity index (χ1) is 11.7. The number of carbonyl (C=O) groups excluding carboxylic acids is 2. The lowest BCUT2D eigenvalue weighted by molar-refractivity contribution is -0.121. The van der Waals surface area contributed by atoms with Crippen molar-refractivity contribution in [2.24, 2.45) is 0 Å². The fourth-order valence-corrected chi connectivity index (χ4v) is 2.93. The van der Waals surface area contributed by atoms with Crippen LogP contribution in [-0.2, 0) is 11.3 Å². The monoisotopic (exact) mass is 340 g/mol. The van der Waals surface area contributed by atoms with Crippen molar-refractivity contribution in [2.45, 2.75) is 13.0 Å². The summed E-state index contributed by atoms with van der Waals surface area (Å²) in [6, 6.07) is 7.41. The summed E-state index contributed by atoms with van der Waals surface area (Å²) in [7, 11) is 0. The molecule has 0 fully saturated rings. The number of hydrogen-bond donors (Lipinski definition) is 2. The largest absolute Gasteiger partial charge is 0.352 e. The van der Waals surface area contributed by atoms with Crippen LogP contribution in [0, 0.1) is 0 Å². The molecule has 0 unspecified atom stereocenters. The van der Waals surface area contributed by atoms with Crippen molar-refractivity contribution in [1.29, 1.82) is 0 Å². The van der Waals surface area contributed by atoms with Crippen molar-refractivity contribution in [2.75, 3.05) is 6.54 Å². The highest BCUT2D eigenvalue weighted by molar-refractivity contribution is 7.17. The molecule has 24 heavy (non-hydrogen) atoms. The number of nitrogens with zero attached hydrogens (tertiary/aromatic N) is 2. The molecule has 6 nitrogen and oxygen atoms in total. The lowest BCUT2D eigenvalue weighted by Gasteiger charge is -2.07. The second-order valence-corrected chi connectivity index (χ2v) is 6.11. The SMILES string of the molecule is O=C(CCNC(=O)c1cnc2ccsc2c1)NCc1ccncc1. The Kier molecular flexibility index (Phi) is 5.12. The maximum atomic E-state index is 12.1. The number of thiophene rings is 1. The van der Waals surface area contributed by atoms with Gasteiger partial charge >= 0.3 is 0 Å². The summed E-state index contributed by atoms with van der Waals surface area (Å²) in [5.74, 6) is -0.335. The topological polar surface area (TPSA) is 84.0 Å². The van der Waals surface area contributed by atoms with E-state index in [0.29, 0.717) is 12.1 Å². The van der Waals surface area contributed by atoms with Gasteiger partial charge < -0.3 is 10.6 Å². The standard InChI is InChI=1S/C17H16N4O2S/c22-16(21-10-12-1-5-18-6-2-12)3-7-19-17(23)13-9-15-14(20-11-13)4-8-24-15/h1-2,4-6,8-9,11H,3,7,10H2,(H,19,23)(H,21,22). The highest BCUT2D eigenvalue weighted by Crippen LogP contribution is 2.19. The molecule has 3 aromatic rings. The molecule has 0 aliphatic rings. The van der Waals surface area contributed by atoms with Crippen LogP contribution in [-0.4, -0.2) is 28.3 Å². The molecule has 0 atom stereocenters. The first-order valence-corrected chi connectivity index (χ1v) is 8.37. The summed E-state index contributed by atoms with van der Waals surface area (Å²) < 4.78 is 0.970. The number of amides is 2. The lowest BCUT2D eigenvalue weighted by atomic mass is 10.2. The molecular formula is C17H16N4O2S. The van der Waals surface area contributed by atoms with Crippen molar-refractivity contribution < 1.29 is 9.59 Å². The minimum absolute atomic E-state index is 0.112. The predicted octanol–water partition coefficient (Wildman–Crippen LogP) is 2.13. The normalized spacial score (nSPS) is 10.5. The van der Waals surface area contributed by atoms with Crippen molar-refractivity contribution in [1.82, 2.24) is 20.6 Å². The maximum absolute atomic E-state index is 12.1. The van der Waals surface area contributed by atoms with E-state index in [4.69, 9.17) is 0 Å². The van der Waals surface area contributed by atoms with Crippen molar-refractivity contribution >= 4 is 33.4 Å². The van der Waals surface area contributed by atoms with Crippen molar-refractivity contribution in [3.05, 3.63) is 59.4 Å². The summed E-state index contributed by atoms with van der Waals surface area (Å²) in [4.78, 5) is 32.0. The average molecular weight is 340 g/mol. The van der Waals surface area contributed by atoms with E-state index in [0.717, 1.165) is 15.8 Å². The molecule has 3 aromatic heterocycles. The van der Waals surface area contributed by atoms with Gasteiger partial charge in [-0.05, 0) is 35.2 Å². The van der Waals surface area contributed by atoms with Gasteiger partial charge in [0, 0.05) is 38.1 Å². The third-order valence-electron chi connectivity index (χ3n) is 3.44. The highest BCUT2D eigenvalue weighted by atomic mass is 32.1. The first-order valence-electron chi connectivity index (χ1n) is 7.49. The number of hydrogen-bond acceptors (Lipinski definition) is 5. The molecule has 122 valence electrons. The molecule has 0 bridgehead atoms. The number of aromatic nitrogens is 2. The van der Waals surface area contributed by atoms with Gasteiger partial charge in [-0.25, -0.2) is 0 Å². The van der Waals surface area contributed by atoms with Gasteiger partial charge in [0.15, 0.2) is 0 Å². The molecule has 0 radical (unpaired) electrons. The molecule has 0 saturated carbocycles. The van der Waals surface area contributed by atoms with Crippen LogP contribution in [0.1, 0.15) is 22.3 Å². The van der Waals surface area contributed by atoms with Crippen LogP contribution in [0.25, 0.3) is 10.2 Å². The fourth-order valence-electron chi connectivity index (χ4n) is 2.15. The Labute approximate surface area is 142 Å². The number of nitrogens with one attached hydrogen (secondary N) is 2. The van der Waals surface area contributed by atoms with Crippen LogP contribution in [0.2, 0.25) is 0 Å². The van der Waals surface area contributed by atoms with Gasteiger partial charge in [0.05, 0.1) is 15.8 Å². The number of pyridine rings is 2. The summed E-state index contributed by atoms with van der Waals surface area (Å²) >= 11 is 1.54. The van der Waals surface area contributed by atoms with Gasteiger partial charge in [-0.15, -0.1) is 11.3 Å². The molecule has 0 aliphatic carbocycles. The van der Waals surface area contributed by atoms with Crippen LogP contribution in [0.5, 0.6) is 0 Å². The van der Waals surface area contributed by atoms with Gasteiger partial charge in [-0.2, -0.15) is 0 Å². The van der Waals surface area contributed by atoms with Gasteiger partial charge in [-0.3, -0.25) is 19.6 Å². The van der Waals surface area contributed by atoms with Crippen LogP contribution in [0.3, 0.4) is 0 Å². The van der Waals surface area contributed by atoms with E-state index in [2.05, 4.69) is 20.6 Å². The van der Waals surface area contributed by atoms with E-state index in [-0.39, 0.29) is 24.8 Å². The fraction of sp³-hybridized carbons (Fsp3) is 0.176. The van der Waals surface area contributed by atoms with Gasteiger partial charge in [0.25, 0.3) is 5.91 Å². The van der Waals surface area contributed by atoms with Crippen LogP contribution in [0.15, 0.2) is 48.2 Å².